The summed E-state index contributed by atoms with van der Waals surface area (Å²) in [5.41, 5.74) is 3.27. The van der Waals surface area contributed by atoms with E-state index in [0.717, 1.165) is 22.0 Å². The summed E-state index contributed by atoms with van der Waals surface area (Å²) in [6.45, 7) is 4.38. The van der Waals surface area contributed by atoms with Crippen molar-refractivity contribution >= 4 is 22.8 Å². The van der Waals surface area contributed by atoms with E-state index < -0.39 is 12.0 Å². The fourth-order valence-electron chi connectivity index (χ4n) is 3.36. The van der Waals surface area contributed by atoms with Gasteiger partial charge >= 0.3 is 5.97 Å². The molecule has 2 atom stereocenters. The third-order valence-corrected chi connectivity index (χ3v) is 4.61. The number of carbonyl (C=O) groups is 2. The first kappa shape index (κ1) is 16.4. The van der Waals surface area contributed by atoms with Gasteiger partial charge in [0.1, 0.15) is 6.04 Å². The quantitative estimate of drug-likeness (QED) is 0.897. The first-order valence-electron chi connectivity index (χ1n) is 7.96. The number of hydrogen-bond donors (Lipinski definition) is 2. The summed E-state index contributed by atoms with van der Waals surface area (Å²) in [6, 6.07) is 5.12. The smallest absolute Gasteiger partial charge is 0.320 e. The monoisotopic (exact) mass is 327 g/mol. The fraction of sp³-hybridized carbons (Fsp3) is 0.389. The van der Waals surface area contributed by atoms with E-state index in [0.29, 0.717) is 18.5 Å². The number of benzene rings is 1. The maximum Gasteiger partial charge on any atom is 0.320 e. The van der Waals surface area contributed by atoms with Crippen molar-refractivity contribution in [3.63, 3.8) is 0 Å². The second-order valence-corrected chi connectivity index (χ2v) is 6.54. The van der Waals surface area contributed by atoms with Crippen LogP contribution < -0.4 is 5.32 Å². The lowest BCUT2D eigenvalue weighted by molar-refractivity contribution is -0.141. The summed E-state index contributed by atoms with van der Waals surface area (Å²) in [5.74, 6) is -1.02. The summed E-state index contributed by atoms with van der Waals surface area (Å²) in [5, 5.41) is 13.0. The highest BCUT2D eigenvalue weighted by atomic mass is 16.4. The highest BCUT2D eigenvalue weighted by Gasteiger charge is 2.35. The van der Waals surface area contributed by atoms with Gasteiger partial charge in [-0.3, -0.25) is 19.5 Å². The number of pyridine rings is 1. The van der Waals surface area contributed by atoms with Gasteiger partial charge in [-0.2, -0.15) is 0 Å². The molecular weight excluding hydrogens is 306 g/mol. The topological polar surface area (TPSA) is 82.5 Å². The number of likely N-dealkylation sites (N-methyl/N-ethyl adjacent to an activating group) is 1. The van der Waals surface area contributed by atoms with E-state index >= 15 is 0 Å². The van der Waals surface area contributed by atoms with Crippen molar-refractivity contribution in [2.75, 3.05) is 13.6 Å². The van der Waals surface area contributed by atoms with Gasteiger partial charge in [0.15, 0.2) is 0 Å². The Hall–Kier alpha value is -2.47. The number of fused-ring (bicyclic) bond motifs is 1. The molecule has 0 radical (unpaired) electrons. The molecule has 126 valence electrons. The molecule has 3 rings (SSSR count). The van der Waals surface area contributed by atoms with Crippen LogP contribution in [0, 0.1) is 13.8 Å². The Kier molecular flexibility index (Phi) is 4.24. The van der Waals surface area contributed by atoms with Gasteiger partial charge in [0.25, 0.3) is 5.91 Å². The van der Waals surface area contributed by atoms with Gasteiger partial charge in [-0.05, 0) is 45.0 Å². The van der Waals surface area contributed by atoms with Crippen LogP contribution in [-0.4, -0.2) is 52.5 Å². The molecule has 1 fully saturated rings. The Bertz CT molecular complexity index is 813. The molecule has 0 bridgehead atoms. The largest absolute Gasteiger partial charge is 0.480 e. The van der Waals surface area contributed by atoms with Crippen LogP contribution in [-0.2, 0) is 4.79 Å². The highest BCUT2D eigenvalue weighted by molar-refractivity contribution is 6.07. The van der Waals surface area contributed by atoms with Gasteiger partial charge in [-0.1, -0.05) is 11.6 Å². The summed E-state index contributed by atoms with van der Waals surface area (Å²) >= 11 is 0. The zero-order valence-corrected chi connectivity index (χ0v) is 14.0. The van der Waals surface area contributed by atoms with E-state index in [2.05, 4.69) is 10.3 Å². The summed E-state index contributed by atoms with van der Waals surface area (Å²) in [4.78, 5) is 30.2. The molecule has 0 unspecified atom stereocenters. The van der Waals surface area contributed by atoms with E-state index in [9.17, 15) is 14.7 Å². The average Bonchev–Trinajstić information content (AvgIpc) is 2.87. The highest BCUT2D eigenvalue weighted by Crippen LogP contribution is 2.23. The van der Waals surface area contributed by atoms with Crippen LogP contribution in [0.3, 0.4) is 0 Å². The average molecular weight is 327 g/mol. The first-order chi connectivity index (χ1) is 11.4. The number of nitrogens with one attached hydrogen (secondary N) is 1. The van der Waals surface area contributed by atoms with E-state index in [4.69, 9.17) is 0 Å². The van der Waals surface area contributed by atoms with Gasteiger partial charge in [0.05, 0.1) is 11.1 Å². The predicted octanol–water partition coefficient (Wildman–Crippen LogP) is 1.74. The van der Waals surface area contributed by atoms with E-state index in [1.807, 2.05) is 32.0 Å². The Morgan fingerprint density at radius 1 is 1.33 bits per heavy atom. The minimum absolute atomic E-state index is 0.170. The van der Waals surface area contributed by atoms with Crippen LogP contribution in [0.2, 0.25) is 0 Å². The SMILES string of the molecule is Cc1ccc2ncc(C)c(C(=O)N[C@H]3C[C@@H](C(=O)O)N(C)C3)c2c1. The molecule has 2 N–H and O–H groups in total. The number of nitrogens with zero attached hydrogens (tertiary/aromatic N) is 2. The number of aliphatic carboxylic acids is 1. The number of carboxylic acids is 1. The molecule has 1 aliphatic heterocycles. The van der Waals surface area contributed by atoms with E-state index in [-0.39, 0.29) is 11.9 Å². The third-order valence-electron chi connectivity index (χ3n) is 4.61. The Balaban J connectivity index is 1.88. The Morgan fingerprint density at radius 2 is 2.08 bits per heavy atom. The number of rotatable bonds is 3. The molecule has 1 aliphatic rings. The molecule has 6 nitrogen and oxygen atoms in total. The molecule has 0 aliphatic carbocycles. The maximum atomic E-state index is 12.8. The zero-order valence-electron chi connectivity index (χ0n) is 14.0. The third kappa shape index (κ3) is 2.97. The second kappa shape index (κ2) is 6.20. The van der Waals surface area contributed by atoms with Crippen molar-refractivity contribution in [2.45, 2.75) is 32.4 Å². The maximum absolute atomic E-state index is 12.8. The van der Waals surface area contributed by atoms with Crippen molar-refractivity contribution in [1.29, 1.82) is 0 Å². The molecule has 6 heteroatoms. The Labute approximate surface area is 140 Å². The molecule has 1 aromatic heterocycles. The van der Waals surface area contributed by atoms with E-state index in [1.54, 1.807) is 18.1 Å². The van der Waals surface area contributed by atoms with Crippen LogP contribution >= 0.6 is 0 Å². The molecular formula is C18H21N3O3. The lowest BCUT2D eigenvalue weighted by Gasteiger charge is -2.15. The van der Waals surface area contributed by atoms with Crippen molar-refractivity contribution < 1.29 is 14.7 Å². The number of aryl methyl sites for hydroxylation is 2. The molecule has 0 spiro atoms. The summed E-state index contributed by atoms with van der Waals surface area (Å²) in [6.07, 6.45) is 2.12. The number of carboxylic acid groups (broad SMARTS) is 1. The van der Waals surface area contributed by atoms with Gasteiger partial charge in [0, 0.05) is 24.2 Å². The van der Waals surface area contributed by atoms with Gasteiger partial charge in [-0.25, -0.2) is 0 Å². The molecule has 2 aromatic rings. The molecule has 1 amide bonds. The van der Waals surface area contributed by atoms with Crippen molar-refractivity contribution in [1.82, 2.24) is 15.2 Å². The molecule has 1 saturated heterocycles. The van der Waals surface area contributed by atoms with Crippen molar-refractivity contribution in [3.05, 3.63) is 41.1 Å². The summed E-state index contributed by atoms with van der Waals surface area (Å²) in [7, 11) is 1.77. The van der Waals surface area contributed by atoms with Crippen LogP contribution in [0.5, 0.6) is 0 Å². The van der Waals surface area contributed by atoms with Crippen LogP contribution in [0.15, 0.2) is 24.4 Å². The van der Waals surface area contributed by atoms with Crippen LogP contribution in [0.4, 0.5) is 0 Å². The van der Waals surface area contributed by atoms with Crippen molar-refractivity contribution in [3.8, 4) is 0 Å². The number of likely N-dealkylation sites (tertiary alicyclic amines) is 1. The van der Waals surface area contributed by atoms with Gasteiger partial charge < -0.3 is 10.4 Å². The standard InChI is InChI=1S/C18H21N3O3/c1-10-4-5-14-13(6-10)16(11(2)8-19-14)17(22)20-12-7-15(18(23)24)21(3)9-12/h4-6,8,12,15H,7,9H2,1-3H3,(H,20,22)(H,23,24)/t12-,15-/m0/s1. The predicted molar refractivity (Wildman–Crippen MR) is 91.1 cm³/mol. The molecule has 24 heavy (non-hydrogen) atoms. The minimum atomic E-state index is -0.851. The lowest BCUT2D eigenvalue weighted by atomic mass is 10.0. The fourth-order valence-corrected chi connectivity index (χ4v) is 3.36. The number of hydrogen-bond acceptors (Lipinski definition) is 4. The van der Waals surface area contributed by atoms with Crippen molar-refractivity contribution in [2.24, 2.45) is 0 Å². The molecule has 1 aromatic carbocycles. The number of carbonyl (C=O) groups excluding carboxylic acids is 1. The molecule has 0 saturated carbocycles. The number of amides is 1. The van der Waals surface area contributed by atoms with E-state index in [1.165, 1.54) is 0 Å². The first-order valence-corrected chi connectivity index (χ1v) is 7.96. The van der Waals surface area contributed by atoms with Crippen LogP contribution in [0.1, 0.15) is 27.9 Å². The molecule has 2 heterocycles. The van der Waals surface area contributed by atoms with Gasteiger partial charge in [0.2, 0.25) is 0 Å². The van der Waals surface area contributed by atoms with Gasteiger partial charge in [-0.15, -0.1) is 0 Å². The summed E-state index contributed by atoms with van der Waals surface area (Å²) < 4.78 is 0. The lowest BCUT2D eigenvalue weighted by Crippen LogP contribution is -2.37. The second-order valence-electron chi connectivity index (χ2n) is 6.54. The zero-order chi connectivity index (χ0) is 17.4. The minimum Gasteiger partial charge on any atom is -0.480 e. The van der Waals surface area contributed by atoms with Crippen LogP contribution in [0.25, 0.3) is 10.9 Å². The number of aromatic nitrogens is 1. The Morgan fingerprint density at radius 3 is 2.75 bits per heavy atom. The normalized spacial score (nSPS) is 21.1.